The van der Waals surface area contributed by atoms with Crippen LogP contribution >= 0.6 is 0 Å². The van der Waals surface area contributed by atoms with Crippen LogP contribution in [-0.4, -0.2) is 27.6 Å². The number of nitrogens with one attached hydrogen (secondary N) is 1. The molecule has 29 heavy (non-hydrogen) atoms. The van der Waals surface area contributed by atoms with E-state index in [2.05, 4.69) is 4.72 Å². The number of sulfonamides is 1. The van der Waals surface area contributed by atoms with E-state index in [1.54, 1.807) is 12.1 Å². The first kappa shape index (κ1) is 20.6. The van der Waals surface area contributed by atoms with Crippen molar-refractivity contribution in [3.8, 4) is 5.75 Å². The van der Waals surface area contributed by atoms with Crippen molar-refractivity contribution >= 4 is 16.0 Å². The van der Waals surface area contributed by atoms with Gasteiger partial charge in [-0.15, -0.1) is 0 Å². The van der Waals surface area contributed by atoms with Gasteiger partial charge in [0.2, 0.25) is 10.0 Å². The van der Waals surface area contributed by atoms with Gasteiger partial charge >= 0.3 is 5.97 Å². The second kappa shape index (κ2) is 9.40. The van der Waals surface area contributed by atoms with Gasteiger partial charge in [-0.05, 0) is 55.0 Å². The number of ether oxygens (including phenoxy) is 2. The molecule has 1 heterocycles. The standard InChI is InChI=1S/C21H21NO6S/c1-16-5-2-7-18(13-16)27-11-12-28-21(23)17-6-3-9-20(14-17)29(24,25)22-15-19-8-4-10-26-19/h2-10,13-14,22H,11-12,15H2,1H3. The van der Waals surface area contributed by atoms with Crippen LogP contribution in [0.15, 0.2) is 76.2 Å². The van der Waals surface area contributed by atoms with Crippen LogP contribution in [0.3, 0.4) is 0 Å². The number of rotatable bonds is 9. The highest BCUT2D eigenvalue weighted by Gasteiger charge is 2.17. The van der Waals surface area contributed by atoms with Crippen molar-refractivity contribution in [1.29, 1.82) is 0 Å². The predicted octanol–water partition coefficient (Wildman–Crippen LogP) is 3.30. The molecular weight excluding hydrogens is 394 g/mol. The molecule has 7 nitrogen and oxygen atoms in total. The van der Waals surface area contributed by atoms with Crippen molar-refractivity contribution in [2.24, 2.45) is 0 Å². The first-order valence-corrected chi connectivity index (χ1v) is 10.4. The van der Waals surface area contributed by atoms with E-state index in [-0.39, 0.29) is 30.2 Å². The molecule has 0 saturated heterocycles. The minimum absolute atomic E-state index is 0.0142. The van der Waals surface area contributed by atoms with Gasteiger partial charge in [-0.1, -0.05) is 18.2 Å². The molecule has 0 saturated carbocycles. The molecule has 8 heteroatoms. The molecule has 1 N–H and O–H groups in total. The first-order valence-electron chi connectivity index (χ1n) is 8.93. The van der Waals surface area contributed by atoms with Gasteiger partial charge in [-0.2, -0.15) is 0 Å². The Balaban J connectivity index is 1.54. The minimum atomic E-state index is -3.80. The molecule has 0 aliphatic rings. The summed E-state index contributed by atoms with van der Waals surface area (Å²) in [5.74, 6) is 0.551. The fourth-order valence-corrected chi connectivity index (χ4v) is 3.57. The zero-order valence-electron chi connectivity index (χ0n) is 15.8. The van der Waals surface area contributed by atoms with E-state index < -0.39 is 16.0 Å². The summed E-state index contributed by atoms with van der Waals surface area (Å²) in [7, 11) is -3.80. The summed E-state index contributed by atoms with van der Waals surface area (Å²) in [5.41, 5.74) is 1.21. The Kier molecular flexibility index (Phi) is 6.69. The molecule has 3 aromatic rings. The van der Waals surface area contributed by atoms with Crippen LogP contribution in [0.1, 0.15) is 21.7 Å². The molecule has 0 aliphatic heterocycles. The monoisotopic (exact) mass is 415 g/mol. The minimum Gasteiger partial charge on any atom is -0.490 e. The average molecular weight is 415 g/mol. The van der Waals surface area contributed by atoms with Gasteiger partial charge in [0.05, 0.1) is 23.3 Å². The van der Waals surface area contributed by atoms with E-state index >= 15 is 0 Å². The van der Waals surface area contributed by atoms with Gasteiger partial charge in [0.1, 0.15) is 24.7 Å². The molecule has 0 bridgehead atoms. The highest BCUT2D eigenvalue weighted by molar-refractivity contribution is 7.89. The topological polar surface area (TPSA) is 94.8 Å². The average Bonchev–Trinajstić information content (AvgIpc) is 3.24. The maximum Gasteiger partial charge on any atom is 0.338 e. The van der Waals surface area contributed by atoms with Gasteiger partial charge in [0, 0.05) is 0 Å². The quantitative estimate of drug-likeness (QED) is 0.426. The van der Waals surface area contributed by atoms with Crippen LogP contribution in [0.2, 0.25) is 0 Å². The lowest BCUT2D eigenvalue weighted by Crippen LogP contribution is -2.23. The summed E-state index contributed by atoms with van der Waals surface area (Å²) < 4.78 is 43.1. The molecule has 0 spiro atoms. The maximum atomic E-state index is 12.4. The van der Waals surface area contributed by atoms with Crippen molar-refractivity contribution in [2.75, 3.05) is 13.2 Å². The van der Waals surface area contributed by atoms with E-state index in [9.17, 15) is 13.2 Å². The van der Waals surface area contributed by atoms with Crippen molar-refractivity contribution in [1.82, 2.24) is 4.72 Å². The molecule has 0 radical (unpaired) electrons. The summed E-state index contributed by atoms with van der Waals surface area (Å²) in [6.07, 6.45) is 1.46. The highest BCUT2D eigenvalue weighted by atomic mass is 32.2. The van der Waals surface area contributed by atoms with Crippen LogP contribution in [0.25, 0.3) is 0 Å². The van der Waals surface area contributed by atoms with Crippen LogP contribution in [-0.2, 0) is 21.3 Å². The molecule has 0 unspecified atom stereocenters. The van der Waals surface area contributed by atoms with Gasteiger partial charge in [-0.3, -0.25) is 0 Å². The largest absolute Gasteiger partial charge is 0.490 e. The summed E-state index contributed by atoms with van der Waals surface area (Å²) in [6, 6.07) is 16.5. The molecule has 152 valence electrons. The van der Waals surface area contributed by atoms with Crippen LogP contribution < -0.4 is 9.46 Å². The number of benzene rings is 2. The van der Waals surface area contributed by atoms with Gasteiger partial charge < -0.3 is 13.9 Å². The van der Waals surface area contributed by atoms with Gasteiger partial charge in [-0.25, -0.2) is 17.9 Å². The second-order valence-corrected chi connectivity index (χ2v) is 8.00. The summed E-state index contributed by atoms with van der Waals surface area (Å²) >= 11 is 0. The first-order chi connectivity index (χ1) is 13.9. The zero-order valence-corrected chi connectivity index (χ0v) is 16.6. The third kappa shape index (κ3) is 5.94. The lowest BCUT2D eigenvalue weighted by Gasteiger charge is -2.09. The predicted molar refractivity (Wildman–Crippen MR) is 106 cm³/mol. The van der Waals surface area contributed by atoms with E-state index in [0.29, 0.717) is 11.5 Å². The fourth-order valence-electron chi connectivity index (χ4n) is 2.54. The Morgan fingerprint density at radius 2 is 1.86 bits per heavy atom. The molecule has 2 aromatic carbocycles. The maximum absolute atomic E-state index is 12.4. The zero-order chi connectivity index (χ0) is 20.7. The van der Waals surface area contributed by atoms with E-state index in [1.807, 2.05) is 31.2 Å². The second-order valence-electron chi connectivity index (χ2n) is 6.23. The Bertz CT molecular complexity index is 1060. The van der Waals surface area contributed by atoms with E-state index in [4.69, 9.17) is 13.9 Å². The molecule has 0 atom stereocenters. The Morgan fingerprint density at radius 1 is 1.03 bits per heavy atom. The number of hydrogen-bond acceptors (Lipinski definition) is 6. The van der Waals surface area contributed by atoms with Gasteiger partial charge in [0.25, 0.3) is 0 Å². The smallest absolute Gasteiger partial charge is 0.338 e. The number of carbonyl (C=O) groups excluding carboxylic acids is 1. The number of esters is 1. The molecule has 1 aromatic heterocycles. The van der Waals surface area contributed by atoms with Crippen molar-refractivity contribution < 1.29 is 27.1 Å². The Morgan fingerprint density at radius 3 is 2.62 bits per heavy atom. The number of aryl methyl sites for hydroxylation is 1. The Hall–Kier alpha value is -3.10. The lowest BCUT2D eigenvalue weighted by atomic mass is 10.2. The third-order valence-electron chi connectivity index (χ3n) is 3.97. The van der Waals surface area contributed by atoms with Crippen molar-refractivity contribution in [2.45, 2.75) is 18.4 Å². The normalized spacial score (nSPS) is 11.2. The lowest BCUT2D eigenvalue weighted by molar-refractivity contribution is 0.0450. The van der Waals surface area contributed by atoms with Crippen molar-refractivity contribution in [3.05, 3.63) is 83.8 Å². The van der Waals surface area contributed by atoms with Crippen LogP contribution in [0, 0.1) is 6.92 Å². The summed E-state index contributed by atoms with van der Waals surface area (Å²) in [5, 5.41) is 0. The highest BCUT2D eigenvalue weighted by Crippen LogP contribution is 2.14. The van der Waals surface area contributed by atoms with Crippen LogP contribution in [0.4, 0.5) is 0 Å². The molecular formula is C21H21NO6S. The third-order valence-corrected chi connectivity index (χ3v) is 5.37. The summed E-state index contributed by atoms with van der Waals surface area (Å²) in [6.45, 7) is 2.20. The van der Waals surface area contributed by atoms with E-state index in [0.717, 1.165) is 5.56 Å². The number of hydrogen-bond donors (Lipinski definition) is 1. The van der Waals surface area contributed by atoms with E-state index in [1.165, 1.54) is 30.5 Å². The summed E-state index contributed by atoms with van der Waals surface area (Å²) in [4.78, 5) is 12.2. The van der Waals surface area contributed by atoms with Crippen LogP contribution in [0.5, 0.6) is 5.75 Å². The molecule has 0 aliphatic carbocycles. The van der Waals surface area contributed by atoms with Gasteiger partial charge in [0.15, 0.2) is 0 Å². The molecule has 0 amide bonds. The molecule has 0 fully saturated rings. The fraction of sp³-hybridized carbons (Fsp3) is 0.190. The number of furan rings is 1. The Labute approximate surface area is 169 Å². The SMILES string of the molecule is Cc1cccc(OCCOC(=O)c2cccc(S(=O)(=O)NCc3ccco3)c2)c1. The number of carbonyl (C=O) groups is 1. The van der Waals surface area contributed by atoms with Crippen molar-refractivity contribution in [3.63, 3.8) is 0 Å². The molecule has 3 rings (SSSR count).